The zero-order chi connectivity index (χ0) is 11.0. The molecule has 0 atom stereocenters. The van der Waals surface area contributed by atoms with Gasteiger partial charge in [0, 0.05) is 10.9 Å². The predicted molar refractivity (Wildman–Crippen MR) is 70.1 cm³/mol. The van der Waals surface area contributed by atoms with Crippen LogP contribution in [-0.2, 0) is 0 Å². The van der Waals surface area contributed by atoms with E-state index in [1.54, 1.807) is 11.3 Å². The summed E-state index contributed by atoms with van der Waals surface area (Å²) >= 11 is 7.85. The minimum absolute atomic E-state index is 0.567. The summed E-state index contributed by atoms with van der Waals surface area (Å²) in [5.41, 5.74) is 3.07. The molecule has 1 aromatic carbocycles. The monoisotopic (exact) mass is 245 g/mol. The molecule has 0 saturated heterocycles. The van der Waals surface area contributed by atoms with Crippen molar-refractivity contribution in [2.75, 3.05) is 0 Å². The molecule has 0 aliphatic heterocycles. The molecule has 0 amide bonds. The van der Waals surface area contributed by atoms with E-state index < -0.39 is 0 Å². The second-order valence-corrected chi connectivity index (χ2v) is 4.67. The van der Waals surface area contributed by atoms with Gasteiger partial charge in [0.2, 0.25) is 0 Å². The molecule has 1 nitrogen and oxygen atoms in total. The number of rotatable bonds is 1. The number of hydrogen-bond donors (Lipinski definition) is 0. The van der Waals surface area contributed by atoms with Gasteiger partial charge in [-0.05, 0) is 34.5 Å². The molecule has 0 fully saturated rings. The first-order valence-electron chi connectivity index (χ1n) is 4.92. The van der Waals surface area contributed by atoms with Crippen molar-refractivity contribution in [3.8, 4) is 11.1 Å². The summed E-state index contributed by atoms with van der Waals surface area (Å²) in [7, 11) is 0. The second kappa shape index (κ2) is 3.89. The van der Waals surface area contributed by atoms with Gasteiger partial charge in [0.1, 0.15) is 5.15 Å². The van der Waals surface area contributed by atoms with Gasteiger partial charge >= 0.3 is 0 Å². The van der Waals surface area contributed by atoms with Gasteiger partial charge in [-0.1, -0.05) is 29.8 Å². The van der Waals surface area contributed by atoms with Crippen LogP contribution in [0, 0.1) is 0 Å². The van der Waals surface area contributed by atoms with Crippen LogP contribution in [-0.4, -0.2) is 4.98 Å². The number of halogens is 1. The van der Waals surface area contributed by atoms with Crippen molar-refractivity contribution in [3.63, 3.8) is 0 Å². The third-order valence-corrected chi connectivity index (χ3v) is 3.48. The van der Waals surface area contributed by atoms with E-state index in [9.17, 15) is 0 Å². The van der Waals surface area contributed by atoms with Crippen LogP contribution in [0.15, 0.2) is 47.2 Å². The van der Waals surface area contributed by atoms with Crippen molar-refractivity contribution in [2.24, 2.45) is 0 Å². The normalized spacial score (nSPS) is 10.8. The Hall–Kier alpha value is -1.38. The first-order chi connectivity index (χ1) is 7.84. The largest absolute Gasteiger partial charge is 0.235 e. The Morgan fingerprint density at radius 2 is 2.00 bits per heavy atom. The molecule has 0 N–H and O–H groups in total. The van der Waals surface area contributed by atoms with Crippen LogP contribution in [0.4, 0.5) is 0 Å². The quantitative estimate of drug-likeness (QED) is 0.570. The minimum atomic E-state index is 0.567. The van der Waals surface area contributed by atoms with Gasteiger partial charge < -0.3 is 0 Å². The highest BCUT2D eigenvalue weighted by atomic mass is 35.5. The zero-order valence-corrected chi connectivity index (χ0v) is 9.92. The van der Waals surface area contributed by atoms with E-state index in [-0.39, 0.29) is 0 Å². The van der Waals surface area contributed by atoms with E-state index in [0.29, 0.717) is 5.15 Å². The molecular formula is C13H8ClNS. The summed E-state index contributed by atoms with van der Waals surface area (Å²) < 4.78 is 0. The molecule has 0 spiro atoms. The van der Waals surface area contributed by atoms with Gasteiger partial charge in [-0.3, -0.25) is 0 Å². The highest BCUT2D eigenvalue weighted by Gasteiger charge is 2.06. The van der Waals surface area contributed by atoms with Gasteiger partial charge in [0.15, 0.2) is 0 Å². The molecule has 3 rings (SSSR count). The van der Waals surface area contributed by atoms with Gasteiger partial charge in [-0.25, -0.2) is 4.98 Å². The van der Waals surface area contributed by atoms with Crippen LogP contribution in [0.1, 0.15) is 0 Å². The van der Waals surface area contributed by atoms with E-state index in [4.69, 9.17) is 11.6 Å². The van der Waals surface area contributed by atoms with Crippen LogP contribution in [0.5, 0.6) is 0 Å². The Kier molecular flexibility index (Phi) is 2.39. The van der Waals surface area contributed by atoms with E-state index in [1.807, 2.05) is 23.6 Å². The fraction of sp³-hybridized carbons (Fsp3) is 0. The molecule has 3 aromatic rings. The second-order valence-electron chi connectivity index (χ2n) is 3.53. The third-order valence-electron chi connectivity index (χ3n) is 2.51. The van der Waals surface area contributed by atoms with Crippen molar-refractivity contribution in [1.29, 1.82) is 0 Å². The van der Waals surface area contributed by atoms with Crippen LogP contribution >= 0.6 is 22.9 Å². The lowest BCUT2D eigenvalue weighted by molar-refractivity contribution is 1.41. The summed E-state index contributed by atoms with van der Waals surface area (Å²) in [4.78, 5) is 4.40. The molecule has 2 aromatic heterocycles. The fourth-order valence-corrected chi connectivity index (χ4v) is 2.62. The van der Waals surface area contributed by atoms with Crippen molar-refractivity contribution in [3.05, 3.63) is 52.3 Å². The smallest absolute Gasteiger partial charge is 0.137 e. The number of para-hydroxylation sites is 1. The third kappa shape index (κ3) is 1.60. The van der Waals surface area contributed by atoms with E-state index >= 15 is 0 Å². The molecule has 0 saturated carbocycles. The highest BCUT2D eigenvalue weighted by molar-refractivity contribution is 7.08. The summed E-state index contributed by atoms with van der Waals surface area (Å²) in [6.07, 6.45) is 0. The number of aromatic nitrogens is 1. The Morgan fingerprint density at radius 1 is 1.12 bits per heavy atom. The van der Waals surface area contributed by atoms with E-state index in [2.05, 4.69) is 28.6 Å². The number of fused-ring (bicyclic) bond motifs is 1. The Labute approximate surface area is 102 Å². The topological polar surface area (TPSA) is 12.9 Å². The minimum Gasteiger partial charge on any atom is -0.235 e. The first-order valence-corrected chi connectivity index (χ1v) is 6.24. The fourth-order valence-electron chi connectivity index (χ4n) is 1.71. The van der Waals surface area contributed by atoms with Crippen LogP contribution in [0.25, 0.3) is 22.0 Å². The summed E-state index contributed by atoms with van der Waals surface area (Å²) in [6.45, 7) is 0. The molecule has 16 heavy (non-hydrogen) atoms. The first kappa shape index (κ1) is 9.82. The van der Waals surface area contributed by atoms with E-state index in [0.717, 1.165) is 22.0 Å². The number of pyridine rings is 1. The molecule has 0 bridgehead atoms. The van der Waals surface area contributed by atoms with Gasteiger partial charge in [0.05, 0.1) is 5.52 Å². The zero-order valence-electron chi connectivity index (χ0n) is 8.35. The number of hydrogen-bond acceptors (Lipinski definition) is 2. The predicted octanol–water partition coefficient (Wildman–Crippen LogP) is 4.62. The van der Waals surface area contributed by atoms with Crippen LogP contribution in [0.3, 0.4) is 0 Å². The average Bonchev–Trinajstić information content (AvgIpc) is 2.81. The maximum atomic E-state index is 6.19. The summed E-state index contributed by atoms with van der Waals surface area (Å²) in [5, 5.41) is 5.81. The molecule has 3 heteroatoms. The van der Waals surface area contributed by atoms with Crippen molar-refractivity contribution < 1.29 is 0 Å². The standard InChI is InChI=1S/C13H8ClNS/c14-13-11(10-5-6-16-8-10)7-9-3-1-2-4-12(9)15-13/h1-8H. The Morgan fingerprint density at radius 3 is 2.81 bits per heavy atom. The van der Waals surface area contributed by atoms with Gasteiger partial charge in [0.25, 0.3) is 0 Å². The summed E-state index contributed by atoms with van der Waals surface area (Å²) in [5.74, 6) is 0. The lowest BCUT2D eigenvalue weighted by atomic mass is 10.1. The Bertz CT molecular complexity index is 631. The van der Waals surface area contributed by atoms with Crippen LogP contribution in [0.2, 0.25) is 5.15 Å². The number of thiophene rings is 1. The molecule has 0 radical (unpaired) electrons. The summed E-state index contributed by atoms with van der Waals surface area (Å²) in [6, 6.07) is 12.1. The van der Waals surface area contributed by atoms with E-state index in [1.165, 1.54) is 0 Å². The highest BCUT2D eigenvalue weighted by Crippen LogP contribution is 2.30. The molecule has 0 unspecified atom stereocenters. The molecular weight excluding hydrogens is 238 g/mol. The lowest BCUT2D eigenvalue weighted by Gasteiger charge is -2.03. The van der Waals surface area contributed by atoms with Gasteiger partial charge in [-0.2, -0.15) is 11.3 Å². The SMILES string of the molecule is Clc1nc2ccccc2cc1-c1ccsc1. The maximum absolute atomic E-state index is 6.19. The van der Waals surface area contributed by atoms with Gasteiger partial charge in [-0.15, -0.1) is 0 Å². The van der Waals surface area contributed by atoms with Crippen molar-refractivity contribution in [2.45, 2.75) is 0 Å². The average molecular weight is 246 g/mol. The maximum Gasteiger partial charge on any atom is 0.137 e. The van der Waals surface area contributed by atoms with Crippen molar-refractivity contribution in [1.82, 2.24) is 4.98 Å². The number of nitrogens with zero attached hydrogens (tertiary/aromatic N) is 1. The molecule has 78 valence electrons. The van der Waals surface area contributed by atoms with Crippen molar-refractivity contribution >= 4 is 33.8 Å². The Balaban J connectivity index is 2.30. The molecule has 2 heterocycles. The van der Waals surface area contributed by atoms with Crippen LogP contribution < -0.4 is 0 Å². The lowest BCUT2D eigenvalue weighted by Crippen LogP contribution is -1.84. The number of benzene rings is 1. The molecule has 0 aliphatic rings. The molecule has 0 aliphatic carbocycles.